The topological polar surface area (TPSA) is 57.6 Å². The smallest absolute Gasteiger partial charge is 0.237 e. The lowest BCUT2D eigenvalue weighted by molar-refractivity contribution is -0.139. The van der Waals surface area contributed by atoms with E-state index in [1.807, 2.05) is 30.3 Å². The van der Waals surface area contributed by atoms with Crippen LogP contribution in [0.25, 0.3) is 0 Å². The number of rotatable bonds is 3. The van der Waals surface area contributed by atoms with Crippen LogP contribution in [-0.2, 0) is 9.59 Å². The second kappa shape index (κ2) is 4.45. The maximum absolute atomic E-state index is 11.9. The van der Waals surface area contributed by atoms with Crippen molar-refractivity contribution < 1.29 is 14.7 Å². The SMILES string of the molecule is O=C1C[C@H](c2ccccc2)C(=O)N1CCO. The number of likely N-dealkylation sites (tertiary alicyclic amines) is 1. The van der Waals surface area contributed by atoms with Crippen LogP contribution in [0.2, 0.25) is 0 Å². The van der Waals surface area contributed by atoms with Crippen molar-refractivity contribution in [3.63, 3.8) is 0 Å². The zero-order valence-electron chi connectivity index (χ0n) is 8.80. The summed E-state index contributed by atoms with van der Waals surface area (Å²) in [5.41, 5.74) is 0.862. The first-order chi connectivity index (χ1) is 7.74. The van der Waals surface area contributed by atoms with Crippen LogP contribution in [0.15, 0.2) is 30.3 Å². The second-order valence-electron chi connectivity index (χ2n) is 3.77. The van der Waals surface area contributed by atoms with Crippen molar-refractivity contribution in [2.24, 2.45) is 0 Å². The molecule has 0 aromatic heterocycles. The van der Waals surface area contributed by atoms with E-state index >= 15 is 0 Å². The molecular formula is C12H13NO3. The molecule has 1 heterocycles. The van der Waals surface area contributed by atoms with Gasteiger partial charge in [-0.1, -0.05) is 30.3 Å². The standard InChI is InChI=1S/C12H13NO3/c14-7-6-13-11(15)8-10(12(13)16)9-4-2-1-3-5-9/h1-5,10,14H,6-8H2/t10-/m1/s1. The molecule has 1 aliphatic rings. The van der Waals surface area contributed by atoms with Crippen LogP contribution in [0.4, 0.5) is 0 Å². The molecule has 0 unspecified atom stereocenters. The molecule has 4 heteroatoms. The van der Waals surface area contributed by atoms with Gasteiger partial charge in [-0.3, -0.25) is 14.5 Å². The van der Waals surface area contributed by atoms with Crippen LogP contribution in [-0.4, -0.2) is 35.0 Å². The number of hydrogen-bond acceptors (Lipinski definition) is 3. The van der Waals surface area contributed by atoms with E-state index < -0.39 is 0 Å². The summed E-state index contributed by atoms with van der Waals surface area (Å²) >= 11 is 0. The molecule has 2 amide bonds. The predicted molar refractivity (Wildman–Crippen MR) is 57.6 cm³/mol. The van der Waals surface area contributed by atoms with Crippen LogP contribution in [0, 0.1) is 0 Å². The molecule has 2 rings (SSSR count). The third-order valence-corrected chi connectivity index (χ3v) is 2.77. The Morgan fingerprint density at radius 3 is 2.56 bits per heavy atom. The van der Waals surface area contributed by atoms with Crippen molar-refractivity contribution in [1.29, 1.82) is 0 Å². The summed E-state index contributed by atoms with van der Waals surface area (Å²) in [4.78, 5) is 24.6. The third-order valence-electron chi connectivity index (χ3n) is 2.77. The molecule has 1 aromatic carbocycles. The fourth-order valence-electron chi connectivity index (χ4n) is 1.96. The third kappa shape index (κ3) is 1.84. The molecule has 0 saturated carbocycles. The van der Waals surface area contributed by atoms with E-state index in [2.05, 4.69) is 0 Å². The Bertz CT molecular complexity index is 402. The van der Waals surface area contributed by atoms with E-state index in [9.17, 15) is 9.59 Å². The summed E-state index contributed by atoms with van der Waals surface area (Å²) in [6.07, 6.45) is 0.211. The van der Waals surface area contributed by atoms with Crippen LogP contribution >= 0.6 is 0 Å². The summed E-state index contributed by atoms with van der Waals surface area (Å²) < 4.78 is 0. The molecule has 1 aliphatic heterocycles. The Morgan fingerprint density at radius 1 is 1.25 bits per heavy atom. The number of aliphatic hydroxyl groups is 1. The van der Waals surface area contributed by atoms with Gasteiger partial charge in [0.25, 0.3) is 0 Å². The van der Waals surface area contributed by atoms with E-state index in [0.717, 1.165) is 10.5 Å². The number of carbonyl (C=O) groups is 2. The van der Waals surface area contributed by atoms with E-state index in [-0.39, 0.29) is 37.3 Å². The fraction of sp³-hybridized carbons (Fsp3) is 0.333. The van der Waals surface area contributed by atoms with Gasteiger partial charge >= 0.3 is 0 Å². The monoisotopic (exact) mass is 219 g/mol. The zero-order chi connectivity index (χ0) is 11.5. The highest BCUT2D eigenvalue weighted by atomic mass is 16.3. The number of benzene rings is 1. The van der Waals surface area contributed by atoms with Gasteiger partial charge < -0.3 is 5.11 Å². The second-order valence-corrected chi connectivity index (χ2v) is 3.77. The number of hydrogen-bond donors (Lipinski definition) is 1. The zero-order valence-corrected chi connectivity index (χ0v) is 8.80. The van der Waals surface area contributed by atoms with Gasteiger partial charge in [0, 0.05) is 6.42 Å². The highest BCUT2D eigenvalue weighted by Gasteiger charge is 2.38. The van der Waals surface area contributed by atoms with Crippen molar-refractivity contribution in [2.75, 3.05) is 13.2 Å². The minimum atomic E-state index is -0.375. The minimum absolute atomic E-state index is 0.0982. The summed E-state index contributed by atoms with van der Waals surface area (Å²) in [6, 6.07) is 9.26. The number of β-amino-alcohol motifs (C(OH)–C–C–N with tert-alkyl or cyclic N) is 1. The molecule has 0 spiro atoms. The molecule has 1 aromatic rings. The van der Waals surface area contributed by atoms with E-state index in [0.29, 0.717) is 0 Å². The Kier molecular flexibility index (Phi) is 3.01. The molecule has 1 atom stereocenters. The average molecular weight is 219 g/mol. The normalized spacial score (nSPS) is 20.6. The van der Waals surface area contributed by atoms with Crippen molar-refractivity contribution in [1.82, 2.24) is 4.90 Å². The van der Waals surface area contributed by atoms with Gasteiger partial charge in [0.15, 0.2) is 0 Å². The maximum Gasteiger partial charge on any atom is 0.237 e. The molecule has 1 saturated heterocycles. The lowest BCUT2D eigenvalue weighted by atomic mass is 9.98. The Hall–Kier alpha value is -1.68. The predicted octanol–water partition coefficient (Wildman–Crippen LogP) is 0.521. The highest BCUT2D eigenvalue weighted by molar-refractivity contribution is 6.06. The molecule has 4 nitrogen and oxygen atoms in total. The van der Waals surface area contributed by atoms with E-state index in [4.69, 9.17) is 5.11 Å². The van der Waals surface area contributed by atoms with Crippen LogP contribution in [0.1, 0.15) is 17.9 Å². The molecule has 0 bridgehead atoms. The molecule has 0 aliphatic carbocycles. The van der Waals surface area contributed by atoms with Gasteiger partial charge in [-0.05, 0) is 5.56 Å². The number of amides is 2. The largest absolute Gasteiger partial charge is 0.395 e. The Morgan fingerprint density at radius 2 is 1.94 bits per heavy atom. The summed E-state index contributed by atoms with van der Waals surface area (Å²) in [7, 11) is 0. The van der Waals surface area contributed by atoms with Crippen molar-refractivity contribution in [2.45, 2.75) is 12.3 Å². The van der Waals surface area contributed by atoms with Gasteiger partial charge in [-0.15, -0.1) is 0 Å². The molecular weight excluding hydrogens is 206 g/mol. The van der Waals surface area contributed by atoms with Crippen LogP contribution < -0.4 is 0 Å². The molecule has 16 heavy (non-hydrogen) atoms. The van der Waals surface area contributed by atoms with E-state index in [1.54, 1.807) is 0 Å². The number of imide groups is 1. The summed E-state index contributed by atoms with van der Waals surface area (Å²) in [6.45, 7) is -0.0833. The first-order valence-corrected chi connectivity index (χ1v) is 5.24. The van der Waals surface area contributed by atoms with Crippen LogP contribution in [0.5, 0.6) is 0 Å². The molecule has 0 radical (unpaired) electrons. The van der Waals surface area contributed by atoms with E-state index in [1.165, 1.54) is 0 Å². The van der Waals surface area contributed by atoms with Crippen molar-refractivity contribution in [3.8, 4) is 0 Å². The minimum Gasteiger partial charge on any atom is -0.395 e. The van der Waals surface area contributed by atoms with Gasteiger partial charge in [0.2, 0.25) is 11.8 Å². The van der Waals surface area contributed by atoms with Gasteiger partial charge in [0.1, 0.15) is 0 Å². The summed E-state index contributed by atoms with van der Waals surface area (Å²) in [5, 5.41) is 8.77. The molecule has 1 N–H and O–H groups in total. The first kappa shape index (κ1) is 10.8. The molecule has 84 valence electrons. The first-order valence-electron chi connectivity index (χ1n) is 5.24. The number of aliphatic hydroxyl groups excluding tert-OH is 1. The van der Waals surface area contributed by atoms with Gasteiger partial charge in [-0.25, -0.2) is 0 Å². The molecule has 1 fully saturated rings. The average Bonchev–Trinajstić information content (AvgIpc) is 2.59. The number of nitrogens with zero attached hydrogens (tertiary/aromatic N) is 1. The van der Waals surface area contributed by atoms with Crippen molar-refractivity contribution >= 4 is 11.8 Å². The maximum atomic E-state index is 11.9. The highest BCUT2D eigenvalue weighted by Crippen LogP contribution is 2.28. The van der Waals surface area contributed by atoms with Crippen molar-refractivity contribution in [3.05, 3.63) is 35.9 Å². The lowest BCUT2D eigenvalue weighted by Crippen LogP contribution is -2.32. The Labute approximate surface area is 93.5 Å². The van der Waals surface area contributed by atoms with Gasteiger partial charge in [0.05, 0.1) is 19.1 Å². The summed E-state index contributed by atoms with van der Waals surface area (Å²) in [5.74, 6) is -0.779. The quantitative estimate of drug-likeness (QED) is 0.754. The fourth-order valence-corrected chi connectivity index (χ4v) is 1.96. The lowest BCUT2D eigenvalue weighted by Gasteiger charge is -2.13. The Balaban J connectivity index is 2.21. The number of carbonyl (C=O) groups excluding carboxylic acids is 2. The van der Waals surface area contributed by atoms with Crippen LogP contribution in [0.3, 0.4) is 0 Å². The van der Waals surface area contributed by atoms with Gasteiger partial charge in [-0.2, -0.15) is 0 Å².